The van der Waals surface area contributed by atoms with Crippen molar-refractivity contribution in [2.45, 2.75) is 71.1 Å². The van der Waals surface area contributed by atoms with Crippen LogP contribution in [0.4, 0.5) is 4.79 Å². The smallest absolute Gasteiger partial charge is 0.432 e. The second kappa shape index (κ2) is 8.01. The van der Waals surface area contributed by atoms with Crippen LogP contribution >= 0.6 is 0 Å². The minimum absolute atomic E-state index is 0.0266. The largest absolute Gasteiger partial charge is 0.533 e. The van der Waals surface area contributed by atoms with Crippen molar-refractivity contribution in [3.8, 4) is 11.1 Å². The van der Waals surface area contributed by atoms with Crippen LogP contribution in [0.15, 0.2) is 36.4 Å². The van der Waals surface area contributed by atoms with Gasteiger partial charge in [-0.1, -0.05) is 83.0 Å². The van der Waals surface area contributed by atoms with Crippen molar-refractivity contribution in [1.82, 2.24) is 5.06 Å². The molecule has 0 unspecified atom stereocenters. The van der Waals surface area contributed by atoms with Crippen LogP contribution in [0.1, 0.15) is 82.6 Å². The number of hydrogen-bond donors (Lipinski definition) is 0. The van der Waals surface area contributed by atoms with Crippen molar-refractivity contribution in [1.29, 1.82) is 0 Å². The average molecular weight is 450 g/mol. The molecule has 4 rings (SSSR count). The Bertz CT molecular complexity index is 1060. The maximum Gasteiger partial charge on any atom is 0.533 e. The van der Waals surface area contributed by atoms with Crippen LogP contribution in [0.2, 0.25) is 0 Å². The van der Waals surface area contributed by atoms with Crippen LogP contribution in [0, 0.1) is 0 Å². The lowest BCUT2D eigenvalue weighted by Gasteiger charge is -2.22. The Kier molecular flexibility index (Phi) is 5.59. The van der Waals surface area contributed by atoms with Crippen molar-refractivity contribution in [3.05, 3.63) is 58.7 Å². The summed E-state index contributed by atoms with van der Waals surface area (Å²) in [6.07, 6.45) is -0.964. The summed E-state index contributed by atoms with van der Waals surface area (Å²) < 4.78 is 5.44. The van der Waals surface area contributed by atoms with Gasteiger partial charge in [-0.25, -0.2) is 4.79 Å². The first kappa shape index (κ1) is 23.0. The number of ether oxygens (including phenoxy) is 1. The lowest BCUT2D eigenvalue weighted by atomic mass is 9.83. The molecule has 0 saturated carbocycles. The third-order valence-corrected chi connectivity index (χ3v) is 6.42. The maximum atomic E-state index is 12.3. The van der Waals surface area contributed by atoms with E-state index in [0.29, 0.717) is 5.06 Å². The van der Waals surface area contributed by atoms with Crippen LogP contribution in [0.25, 0.3) is 11.1 Å². The normalized spacial score (nSPS) is 16.1. The number of hydrogen-bond acceptors (Lipinski definition) is 5. The second-order valence-electron chi connectivity index (χ2n) is 10.9. The molecule has 1 heterocycles. The molecular formula is C27H31NO5. The van der Waals surface area contributed by atoms with Gasteiger partial charge in [0.15, 0.2) is 0 Å². The molecule has 0 atom stereocenters. The van der Waals surface area contributed by atoms with Crippen molar-refractivity contribution in [3.63, 3.8) is 0 Å². The van der Waals surface area contributed by atoms with Crippen molar-refractivity contribution >= 4 is 18.0 Å². The summed E-state index contributed by atoms with van der Waals surface area (Å²) in [6, 6.07) is 13.0. The summed E-state index contributed by atoms with van der Waals surface area (Å²) in [7, 11) is 0. The molecule has 0 N–H and O–H groups in total. The molecule has 1 saturated heterocycles. The maximum absolute atomic E-state index is 12.3. The number of nitrogens with zero attached hydrogens (tertiary/aromatic N) is 1. The molecule has 2 amide bonds. The van der Waals surface area contributed by atoms with Gasteiger partial charge in [0.25, 0.3) is 11.8 Å². The molecule has 0 radical (unpaired) electrons. The molecule has 1 fully saturated rings. The van der Waals surface area contributed by atoms with Crippen LogP contribution < -0.4 is 0 Å². The van der Waals surface area contributed by atoms with Crippen molar-refractivity contribution in [2.24, 2.45) is 0 Å². The topological polar surface area (TPSA) is 72.9 Å². The monoisotopic (exact) mass is 449 g/mol. The summed E-state index contributed by atoms with van der Waals surface area (Å²) >= 11 is 0. The molecule has 0 aromatic heterocycles. The fraction of sp³-hybridized carbons (Fsp3) is 0.444. The molecule has 2 aromatic carbocycles. The Morgan fingerprint density at radius 1 is 0.848 bits per heavy atom. The Balaban J connectivity index is 1.65. The molecule has 0 bridgehead atoms. The summed E-state index contributed by atoms with van der Waals surface area (Å²) in [5.41, 5.74) is 6.81. The summed E-state index contributed by atoms with van der Waals surface area (Å²) in [6.45, 7) is 13.1. The lowest BCUT2D eigenvalue weighted by molar-refractivity contribution is -0.177. The first-order valence-electron chi connectivity index (χ1n) is 11.4. The zero-order valence-electron chi connectivity index (χ0n) is 20.2. The van der Waals surface area contributed by atoms with Gasteiger partial charge in [0.05, 0.1) is 0 Å². The minimum atomic E-state index is -1.05. The third kappa shape index (κ3) is 4.39. The first-order valence-corrected chi connectivity index (χ1v) is 11.4. The SMILES string of the molecule is CC(C)(C)c1ccc2c(c1)C(COC(=O)ON1C(=O)CCC1=O)c1cc(C(C)(C)C)ccc1-2. The molecule has 33 heavy (non-hydrogen) atoms. The molecule has 2 aromatic rings. The van der Waals surface area contributed by atoms with Crippen LogP contribution in [-0.2, 0) is 30.0 Å². The van der Waals surface area contributed by atoms with Gasteiger partial charge in [-0.05, 0) is 44.2 Å². The number of benzene rings is 2. The van der Waals surface area contributed by atoms with Gasteiger partial charge in [-0.3, -0.25) is 14.4 Å². The van der Waals surface area contributed by atoms with E-state index < -0.39 is 18.0 Å². The molecule has 6 heteroatoms. The van der Waals surface area contributed by atoms with E-state index in [1.54, 1.807) is 0 Å². The average Bonchev–Trinajstić information content (AvgIpc) is 3.21. The van der Waals surface area contributed by atoms with E-state index in [-0.39, 0.29) is 36.2 Å². The molecule has 0 spiro atoms. The van der Waals surface area contributed by atoms with Gasteiger partial charge in [0.1, 0.15) is 6.61 Å². The Hall–Kier alpha value is -3.15. The second-order valence-corrected chi connectivity index (χ2v) is 10.9. The Morgan fingerprint density at radius 3 is 1.73 bits per heavy atom. The highest BCUT2D eigenvalue weighted by Crippen LogP contribution is 2.47. The summed E-state index contributed by atoms with van der Waals surface area (Å²) in [5, 5.41) is 0.508. The van der Waals surface area contributed by atoms with E-state index in [1.807, 2.05) is 0 Å². The van der Waals surface area contributed by atoms with Crippen molar-refractivity contribution in [2.75, 3.05) is 6.61 Å². The fourth-order valence-corrected chi connectivity index (χ4v) is 4.38. The van der Waals surface area contributed by atoms with Gasteiger partial charge in [0, 0.05) is 18.8 Å². The molecule has 1 aliphatic carbocycles. The predicted octanol–water partition coefficient (Wildman–Crippen LogP) is 5.61. The fourth-order valence-electron chi connectivity index (χ4n) is 4.38. The van der Waals surface area contributed by atoms with E-state index in [9.17, 15) is 14.4 Å². The summed E-state index contributed by atoms with van der Waals surface area (Å²) in [4.78, 5) is 40.7. The van der Waals surface area contributed by atoms with Gasteiger partial charge in [-0.15, -0.1) is 0 Å². The molecular weight excluding hydrogens is 418 g/mol. The van der Waals surface area contributed by atoms with Crippen LogP contribution in [-0.4, -0.2) is 29.6 Å². The third-order valence-electron chi connectivity index (χ3n) is 6.42. The van der Waals surface area contributed by atoms with Gasteiger partial charge < -0.3 is 4.74 Å². The van der Waals surface area contributed by atoms with Crippen molar-refractivity contribution < 1.29 is 24.0 Å². The van der Waals surface area contributed by atoms with E-state index in [4.69, 9.17) is 9.57 Å². The standard InChI is InChI=1S/C27H31NO5/c1-26(2,3)16-7-9-18-19-10-8-17(27(4,5)6)14-21(19)22(20(18)13-16)15-32-25(31)33-28-23(29)11-12-24(28)30/h7-10,13-14,22H,11-12,15H2,1-6H3. The Labute approximate surface area is 194 Å². The number of amides is 2. The Morgan fingerprint density at radius 2 is 1.30 bits per heavy atom. The number of hydroxylamine groups is 2. The first-order chi connectivity index (χ1) is 15.4. The van der Waals surface area contributed by atoms with Crippen LogP contribution in [0.5, 0.6) is 0 Å². The van der Waals surface area contributed by atoms with E-state index in [2.05, 4.69) is 77.9 Å². The number of carbonyl (C=O) groups excluding carboxylic acids is 3. The predicted molar refractivity (Wildman–Crippen MR) is 125 cm³/mol. The zero-order valence-corrected chi connectivity index (χ0v) is 20.2. The number of rotatable bonds is 3. The molecule has 1 aliphatic heterocycles. The number of fused-ring (bicyclic) bond motifs is 3. The summed E-state index contributed by atoms with van der Waals surface area (Å²) in [5.74, 6) is -1.23. The van der Waals surface area contributed by atoms with Gasteiger partial charge in [0.2, 0.25) is 0 Å². The molecule has 2 aliphatic rings. The highest BCUT2D eigenvalue weighted by molar-refractivity contribution is 6.01. The number of imide groups is 1. The minimum Gasteiger partial charge on any atom is -0.432 e. The van der Waals surface area contributed by atoms with E-state index in [1.165, 1.54) is 11.1 Å². The van der Waals surface area contributed by atoms with E-state index >= 15 is 0 Å². The van der Waals surface area contributed by atoms with Crippen LogP contribution in [0.3, 0.4) is 0 Å². The lowest BCUT2D eigenvalue weighted by Crippen LogP contribution is -2.32. The quantitative estimate of drug-likeness (QED) is 0.450. The molecule has 6 nitrogen and oxygen atoms in total. The van der Waals surface area contributed by atoms with Gasteiger partial charge in [-0.2, -0.15) is 0 Å². The highest BCUT2D eigenvalue weighted by Gasteiger charge is 2.35. The number of carbonyl (C=O) groups is 3. The molecule has 174 valence electrons. The van der Waals surface area contributed by atoms with E-state index in [0.717, 1.165) is 22.3 Å². The zero-order chi connectivity index (χ0) is 24.1. The highest BCUT2D eigenvalue weighted by atomic mass is 16.8. The van der Waals surface area contributed by atoms with Gasteiger partial charge >= 0.3 is 6.16 Å².